The number of carbonyl (C=O) groups excluding carboxylic acids is 3. The lowest BCUT2D eigenvalue weighted by Crippen LogP contribution is -2.51. The van der Waals surface area contributed by atoms with Crippen molar-refractivity contribution in [2.75, 3.05) is 37.5 Å². The molecule has 1 saturated heterocycles. The second kappa shape index (κ2) is 13.6. The Balaban J connectivity index is 1.45. The summed E-state index contributed by atoms with van der Waals surface area (Å²) >= 11 is 0. The Hall–Kier alpha value is -4.73. The van der Waals surface area contributed by atoms with Gasteiger partial charge < -0.3 is 38.8 Å². The molecule has 0 bridgehead atoms. The van der Waals surface area contributed by atoms with Crippen molar-refractivity contribution >= 4 is 46.3 Å². The van der Waals surface area contributed by atoms with Crippen molar-refractivity contribution in [3.8, 4) is 0 Å². The molecule has 4 heterocycles. The number of aromatic nitrogens is 3. The van der Waals surface area contributed by atoms with E-state index in [1.807, 2.05) is 0 Å². The molecule has 1 saturated carbocycles. The zero-order chi connectivity index (χ0) is 35.8. The molecule has 0 spiro atoms. The molecule has 1 unspecified atom stereocenters. The predicted octanol–water partition coefficient (Wildman–Crippen LogP) is 4.93. The van der Waals surface area contributed by atoms with E-state index in [2.05, 4.69) is 20.8 Å². The summed E-state index contributed by atoms with van der Waals surface area (Å²) in [6.07, 6.45) is 0.212. The Morgan fingerprint density at radius 2 is 1.78 bits per heavy atom. The molecule has 0 aromatic carbocycles. The molecule has 4 atom stereocenters. The fourth-order valence-corrected chi connectivity index (χ4v) is 5.66. The third-order valence-electron chi connectivity index (χ3n) is 8.23. The first kappa shape index (κ1) is 35.6. The molecule has 0 radical (unpaired) electrons. The number of hydrogen-bond donors (Lipinski definition) is 2. The quantitative estimate of drug-likeness (QED) is 0.346. The number of nitrogens with one attached hydrogen (secondary N) is 2. The summed E-state index contributed by atoms with van der Waals surface area (Å²) in [7, 11) is 3.04. The van der Waals surface area contributed by atoms with E-state index in [0.717, 1.165) is 12.8 Å². The number of piperidine rings is 1. The van der Waals surface area contributed by atoms with Gasteiger partial charge in [0.2, 0.25) is 5.76 Å². The summed E-state index contributed by atoms with van der Waals surface area (Å²) in [5.74, 6) is -0.680. The molecule has 2 aliphatic rings. The number of pyridine rings is 2. The Kier molecular flexibility index (Phi) is 9.91. The average Bonchev–Trinajstić information content (AvgIpc) is 3.42. The molecule has 1 aliphatic heterocycles. The smallest absolute Gasteiger partial charge is 0.414 e. The molecule has 3 aromatic heterocycles. The maximum atomic E-state index is 15.5. The van der Waals surface area contributed by atoms with E-state index in [1.54, 1.807) is 54.7 Å². The van der Waals surface area contributed by atoms with Crippen LogP contribution >= 0.6 is 0 Å². The van der Waals surface area contributed by atoms with Gasteiger partial charge in [0.15, 0.2) is 5.52 Å². The number of likely N-dealkylation sites (tertiary alicyclic amines) is 1. The van der Waals surface area contributed by atoms with E-state index in [1.165, 1.54) is 39.7 Å². The van der Waals surface area contributed by atoms with Crippen LogP contribution in [0.15, 0.2) is 33.7 Å². The standard InChI is InChI=1S/C33H44FN7O8/c1-32(2,3)47-30(44)39(7)22-16-24(37-26-25(22)38-49-27(26)28(42)36-19-11-12-23(19)46-8)35-20-10-9-14-41(29(20)43)21-13-15-40(17-18(21)34)31(45)48-33(4,5)6/h9-10,14,16,18-19,21,23H,11-13,15,17H2,1-8H3,(H,35,37)(H,36,42)/t18-,19+,21?,23+/m0/s1. The molecule has 266 valence electrons. The van der Waals surface area contributed by atoms with Crippen LogP contribution in [0.3, 0.4) is 0 Å². The monoisotopic (exact) mass is 685 g/mol. The first-order chi connectivity index (χ1) is 23.0. The van der Waals surface area contributed by atoms with Gasteiger partial charge in [-0.15, -0.1) is 0 Å². The maximum Gasteiger partial charge on any atom is 0.414 e. The van der Waals surface area contributed by atoms with Crippen molar-refractivity contribution in [3.63, 3.8) is 0 Å². The van der Waals surface area contributed by atoms with Gasteiger partial charge in [-0.25, -0.2) is 19.0 Å². The lowest BCUT2D eigenvalue weighted by molar-refractivity contribution is 0.00646. The van der Waals surface area contributed by atoms with Crippen LogP contribution in [0.1, 0.15) is 77.4 Å². The fourth-order valence-electron chi connectivity index (χ4n) is 5.66. The predicted molar refractivity (Wildman–Crippen MR) is 178 cm³/mol. The normalized spacial score (nSPS) is 21.1. The summed E-state index contributed by atoms with van der Waals surface area (Å²) in [5.41, 5.74) is -1.67. The number of nitrogens with zero attached hydrogens (tertiary/aromatic N) is 5. The van der Waals surface area contributed by atoms with E-state index in [0.29, 0.717) is 0 Å². The zero-order valence-corrected chi connectivity index (χ0v) is 29.0. The summed E-state index contributed by atoms with van der Waals surface area (Å²) in [5, 5.41) is 9.92. The minimum atomic E-state index is -1.54. The molecular formula is C33H44FN7O8. The number of anilines is 3. The minimum absolute atomic E-state index is 0.0378. The lowest BCUT2D eigenvalue weighted by Gasteiger charge is -2.36. The molecule has 3 aromatic rings. The molecule has 3 amide bonds. The van der Waals surface area contributed by atoms with Crippen molar-refractivity contribution in [1.29, 1.82) is 0 Å². The van der Waals surface area contributed by atoms with Crippen LogP contribution in [0.25, 0.3) is 11.0 Å². The number of halogens is 1. The highest BCUT2D eigenvalue weighted by Gasteiger charge is 2.36. The first-order valence-corrected chi connectivity index (χ1v) is 16.2. The van der Waals surface area contributed by atoms with Crippen molar-refractivity contribution in [1.82, 2.24) is 24.9 Å². The van der Waals surface area contributed by atoms with Crippen LogP contribution < -0.4 is 21.1 Å². The fraction of sp³-hybridized carbons (Fsp3) is 0.576. The van der Waals surface area contributed by atoms with E-state index in [4.69, 9.17) is 18.7 Å². The topological polar surface area (TPSA) is 170 Å². The van der Waals surface area contributed by atoms with Gasteiger partial charge in [0.05, 0.1) is 30.4 Å². The number of fused-ring (bicyclic) bond motifs is 1. The first-order valence-electron chi connectivity index (χ1n) is 16.2. The maximum absolute atomic E-state index is 15.5. The van der Waals surface area contributed by atoms with Gasteiger partial charge in [-0.05, 0) is 72.9 Å². The number of rotatable bonds is 7. The van der Waals surface area contributed by atoms with Gasteiger partial charge in [-0.2, -0.15) is 0 Å². The zero-order valence-electron chi connectivity index (χ0n) is 29.0. The largest absolute Gasteiger partial charge is 0.444 e. The van der Waals surface area contributed by atoms with Crippen molar-refractivity contribution in [2.24, 2.45) is 0 Å². The van der Waals surface area contributed by atoms with Crippen LogP contribution in [0.2, 0.25) is 0 Å². The molecule has 49 heavy (non-hydrogen) atoms. The Morgan fingerprint density at radius 1 is 1.06 bits per heavy atom. The van der Waals surface area contributed by atoms with Crippen molar-refractivity contribution < 1.29 is 37.5 Å². The average molecular weight is 686 g/mol. The minimum Gasteiger partial charge on any atom is -0.444 e. The summed E-state index contributed by atoms with van der Waals surface area (Å²) in [6, 6.07) is 3.51. The summed E-state index contributed by atoms with van der Waals surface area (Å²) in [6.45, 7) is 10.4. The number of ether oxygens (including phenoxy) is 3. The third kappa shape index (κ3) is 7.95. The SMILES string of the molecule is CO[C@@H]1CC[C@H]1NC(=O)c1onc2c(N(C)C(=O)OC(C)(C)C)cc(Nc3cccn(C4CCN(C(=O)OC(C)(C)C)C[C@@H]4F)c3=O)nc12. The van der Waals surface area contributed by atoms with Crippen LogP contribution in [0.4, 0.5) is 31.2 Å². The van der Waals surface area contributed by atoms with Crippen LogP contribution in [0, 0.1) is 0 Å². The third-order valence-corrected chi connectivity index (χ3v) is 8.23. The molecule has 15 nitrogen and oxygen atoms in total. The van der Waals surface area contributed by atoms with E-state index in [9.17, 15) is 19.2 Å². The Bertz CT molecular complexity index is 1780. The second-order valence-corrected chi connectivity index (χ2v) is 14.3. The Morgan fingerprint density at radius 3 is 2.39 bits per heavy atom. The van der Waals surface area contributed by atoms with Gasteiger partial charge in [0.25, 0.3) is 11.5 Å². The van der Waals surface area contributed by atoms with Gasteiger partial charge in [0, 0.05) is 33.0 Å². The second-order valence-electron chi connectivity index (χ2n) is 14.3. The molecule has 1 aliphatic carbocycles. The summed E-state index contributed by atoms with van der Waals surface area (Å²) < 4.78 is 38.6. The highest BCUT2D eigenvalue weighted by molar-refractivity contribution is 6.07. The molecule has 2 N–H and O–H groups in total. The van der Waals surface area contributed by atoms with Gasteiger partial charge in [-0.1, -0.05) is 5.16 Å². The highest BCUT2D eigenvalue weighted by atomic mass is 19.1. The van der Waals surface area contributed by atoms with E-state index >= 15 is 4.39 Å². The van der Waals surface area contributed by atoms with Crippen LogP contribution in [-0.4, -0.2) is 94.5 Å². The number of methoxy groups -OCH3 is 1. The van der Waals surface area contributed by atoms with Crippen LogP contribution in [-0.2, 0) is 14.2 Å². The van der Waals surface area contributed by atoms with Crippen molar-refractivity contribution in [2.45, 2.75) is 96.4 Å². The van der Waals surface area contributed by atoms with Gasteiger partial charge >= 0.3 is 12.2 Å². The van der Waals surface area contributed by atoms with Gasteiger partial charge in [0.1, 0.15) is 34.4 Å². The number of alkyl halides is 1. The van der Waals surface area contributed by atoms with E-state index in [-0.39, 0.29) is 65.6 Å². The lowest BCUT2D eigenvalue weighted by atomic mass is 9.89. The molecular weight excluding hydrogens is 641 g/mol. The molecule has 2 fully saturated rings. The van der Waals surface area contributed by atoms with Crippen molar-refractivity contribution in [3.05, 3.63) is 40.5 Å². The van der Waals surface area contributed by atoms with Crippen LogP contribution in [0.5, 0.6) is 0 Å². The Labute approximate surface area is 283 Å². The van der Waals surface area contributed by atoms with E-state index < -0.39 is 47.1 Å². The van der Waals surface area contributed by atoms with Gasteiger partial charge in [-0.3, -0.25) is 14.5 Å². The summed E-state index contributed by atoms with van der Waals surface area (Å²) in [4.78, 5) is 59.7. The highest BCUT2D eigenvalue weighted by Crippen LogP contribution is 2.33. The number of carbonyl (C=O) groups is 3. The number of amides is 3. The number of hydrogen-bond acceptors (Lipinski definition) is 11. The molecule has 5 rings (SSSR count). The molecule has 16 heteroatoms.